The highest BCUT2D eigenvalue weighted by Gasteiger charge is 2.23. The van der Waals surface area contributed by atoms with Gasteiger partial charge < -0.3 is 15.4 Å². The zero-order valence-electron chi connectivity index (χ0n) is 9.94. The van der Waals surface area contributed by atoms with Crippen LogP contribution in [0.5, 0.6) is 0 Å². The van der Waals surface area contributed by atoms with Crippen molar-refractivity contribution in [3.05, 3.63) is 22.4 Å². The van der Waals surface area contributed by atoms with Crippen LogP contribution in [0.2, 0.25) is 0 Å². The second kappa shape index (κ2) is 6.02. The van der Waals surface area contributed by atoms with Gasteiger partial charge in [-0.2, -0.15) is 0 Å². The molecule has 2 rings (SSSR count). The maximum Gasteiger partial charge on any atom is 0.315 e. The van der Waals surface area contributed by atoms with Gasteiger partial charge in [0.2, 0.25) is 0 Å². The highest BCUT2D eigenvalue weighted by atomic mass is 32.1. The predicted octanol–water partition coefficient (Wildman–Crippen LogP) is 2.11. The minimum atomic E-state index is -0.124. The second-order valence-electron chi connectivity index (χ2n) is 4.25. The minimum absolute atomic E-state index is 0.0702. The Balaban J connectivity index is 1.69. The Hall–Kier alpha value is -1.07. The zero-order chi connectivity index (χ0) is 12.1. The molecule has 17 heavy (non-hydrogen) atoms. The summed E-state index contributed by atoms with van der Waals surface area (Å²) >= 11 is 1.64. The monoisotopic (exact) mass is 254 g/mol. The molecule has 2 N–H and O–H groups in total. The van der Waals surface area contributed by atoms with E-state index < -0.39 is 0 Å². The lowest BCUT2D eigenvalue weighted by molar-refractivity contribution is 0.0860. The van der Waals surface area contributed by atoms with Gasteiger partial charge in [0, 0.05) is 11.5 Å². The lowest BCUT2D eigenvalue weighted by Crippen LogP contribution is -2.45. The summed E-state index contributed by atoms with van der Waals surface area (Å²) in [6.07, 6.45) is 2.29. The number of carbonyl (C=O) groups excluding carboxylic acids is 1. The molecule has 1 aromatic rings. The van der Waals surface area contributed by atoms with Gasteiger partial charge in [-0.3, -0.25) is 0 Å². The number of thiophene rings is 1. The van der Waals surface area contributed by atoms with Gasteiger partial charge >= 0.3 is 6.03 Å². The van der Waals surface area contributed by atoms with Crippen molar-refractivity contribution in [1.82, 2.24) is 10.6 Å². The van der Waals surface area contributed by atoms with Crippen LogP contribution in [0.1, 0.15) is 24.6 Å². The Morgan fingerprint density at radius 2 is 2.59 bits per heavy atom. The summed E-state index contributed by atoms with van der Waals surface area (Å²) in [4.78, 5) is 12.8. The first-order valence-corrected chi connectivity index (χ1v) is 6.82. The van der Waals surface area contributed by atoms with Crippen LogP contribution >= 0.6 is 11.3 Å². The molecule has 0 saturated carbocycles. The van der Waals surface area contributed by atoms with Gasteiger partial charge in [-0.1, -0.05) is 6.07 Å². The second-order valence-corrected chi connectivity index (χ2v) is 5.28. The highest BCUT2D eigenvalue weighted by Crippen LogP contribution is 2.15. The fourth-order valence-electron chi connectivity index (χ4n) is 1.93. The van der Waals surface area contributed by atoms with Crippen molar-refractivity contribution in [3.63, 3.8) is 0 Å². The Morgan fingerprint density at radius 3 is 3.24 bits per heavy atom. The van der Waals surface area contributed by atoms with E-state index >= 15 is 0 Å². The molecule has 0 spiro atoms. The lowest BCUT2D eigenvalue weighted by atomic mass is 10.1. The van der Waals surface area contributed by atoms with Crippen LogP contribution in [-0.2, 0) is 11.3 Å². The van der Waals surface area contributed by atoms with E-state index in [1.165, 1.54) is 0 Å². The van der Waals surface area contributed by atoms with E-state index in [0.717, 1.165) is 24.3 Å². The number of amides is 2. The molecule has 0 aromatic carbocycles. The molecule has 2 heterocycles. The number of carbonyl (C=O) groups is 1. The first-order valence-electron chi connectivity index (χ1n) is 5.94. The predicted molar refractivity (Wildman–Crippen MR) is 68.1 cm³/mol. The molecule has 1 saturated heterocycles. The Labute approximate surface area is 105 Å². The van der Waals surface area contributed by atoms with E-state index in [0.29, 0.717) is 6.54 Å². The van der Waals surface area contributed by atoms with E-state index in [-0.39, 0.29) is 18.2 Å². The molecule has 1 aromatic heterocycles. The third-order valence-corrected chi connectivity index (χ3v) is 3.76. The summed E-state index contributed by atoms with van der Waals surface area (Å²) in [7, 11) is 0. The van der Waals surface area contributed by atoms with Gasteiger partial charge in [0.15, 0.2) is 0 Å². The van der Waals surface area contributed by atoms with E-state index in [9.17, 15) is 4.79 Å². The van der Waals surface area contributed by atoms with E-state index in [1.807, 2.05) is 24.4 Å². The van der Waals surface area contributed by atoms with Gasteiger partial charge in [0.1, 0.15) is 0 Å². The molecule has 0 unspecified atom stereocenters. The van der Waals surface area contributed by atoms with Gasteiger partial charge in [0.25, 0.3) is 0 Å². The van der Waals surface area contributed by atoms with Crippen LogP contribution in [0.25, 0.3) is 0 Å². The molecule has 1 fully saturated rings. The summed E-state index contributed by atoms with van der Waals surface area (Å²) in [5.74, 6) is 0. The van der Waals surface area contributed by atoms with Gasteiger partial charge in [0.05, 0.1) is 18.7 Å². The smallest absolute Gasteiger partial charge is 0.315 e. The summed E-state index contributed by atoms with van der Waals surface area (Å²) < 4.78 is 5.53. The van der Waals surface area contributed by atoms with Crippen molar-refractivity contribution in [3.8, 4) is 0 Å². The average molecular weight is 254 g/mol. The molecule has 0 radical (unpaired) electrons. The average Bonchev–Trinajstić information content (AvgIpc) is 2.99. The molecule has 5 heteroatoms. The number of nitrogens with one attached hydrogen (secondary N) is 2. The third kappa shape index (κ3) is 3.71. The fraction of sp³-hybridized carbons (Fsp3) is 0.583. The summed E-state index contributed by atoms with van der Waals surface area (Å²) in [5, 5.41) is 7.76. The van der Waals surface area contributed by atoms with Crippen molar-refractivity contribution in [1.29, 1.82) is 0 Å². The van der Waals surface area contributed by atoms with Crippen LogP contribution in [0.15, 0.2) is 17.5 Å². The molecule has 1 aliphatic heterocycles. The largest absolute Gasteiger partial charge is 0.376 e. The topological polar surface area (TPSA) is 50.4 Å². The number of ether oxygens (including phenoxy) is 1. The molecular formula is C12H18N2O2S. The van der Waals surface area contributed by atoms with Crippen molar-refractivity contribution >= 4 is 17.4 Å². The van der Waals surface area contributed by atoms with E-state index in [4.69, 9.17) is 4.74 Å². The molecule has 94 valence electrons. The van der Waals surface area contributed by atoms with Gasteiger partial charge in [-0.05, 0) is 31.2 Å². The van der Waals surface area contributed by atoms with E-state index in [2.05, 4.69) is 10.6 Å². The Bertz CT molecular complexity index is 347. The number of hydrogen-bond donors (Lipinski definition) is 2. The standard InChI is InChI=1S/C12H18N2O2S/c1-9(11-5-2-6-16-11)14-12(15)13-8-10-4-3-7-17-10/h3-4,7,9,11H,2,5-6,8H2,1H3,(H2,13,14,15)/t9-,11-/m1/s1. The van der Waals surface area contributed by atoms with Crippen molar-refractivity contribution < 1.29 is 9.53 Å². The van der Waals surface area contributed by atoms with Crippen LogP contribution < -0.4 is 10.6 Å². The fourth-order valence-corrected chi connectivity index (χ4v) is 2.57. The number of hydrogen-bond acceptors (Lipinski definition) is 3. The first kappa shape index (κ1) is 12.4. The Morgan fingerprint density at radius 1 is 1.71 bits per heavy atom. The summed E-state index contributed by atoms with van der Waals surface area (Å²) in [6.45, 7) is 3.38. The first-order chi connectivity index (χ1) is 8.25. The molecule has 4 nitrogen and oxygen atoms in total. The quantitative estimate of drug-likeness (QED) is 0.864. The molecular weight excluding hydrogens is 236 g/mol. The van der Waals surface area contributed by atoms with Crippen molar-refractivity contribution in [2.24, 2.45) is 0 Å². The van der Waals surface area contributed by atoms with Gasteiger partial charge in [-0.25, -0.2) is 4.79 Å². The van der Waals surface area contributed by atoms with Crippen molar-refractivity contribution in [2.75, 3.05) is 6.61 Å². The maximum atomic E-state index is 11.6. The Kier molecular flexibility index (Phi) is 4.39. The van der Waals surface area contributed by atoms with Crippen molar-refractivity contribution in [2.45, 2.75) is 38.5 Å². The summed E-state index contributed by atoms with van der Waals surface area (Å²) in [5.41, 5.74) is 0. The van der Waals surface area contributed by atoms with Gasteiger partial charge in [-0.15, -0.1) is 11.3 Å². The minimum Gasteiger partial charge on any atom is -0.376 e. The molecule has 1 aliphatic rings. The van der Waals surface area contributed by atoms with Crippen LogP contribution in [-0.4, -0.2) is 24.8 Å². The molecule has 2 amide bonds. The number of rotatable bonds is 4. The maximum absolute atomic E-state index is 11.6. The number of urea groups is 1. The van der Waals surface area contributed by atoms with Crippen LogP contribution in [0, 0.1) is 0 Å². The normalized spacial score (nSPS) is 21.1. The summed E-state index contributed by atoms with van der Waals surface area (Å²) in [6, 6.07) is 3.94. The van der Waals surface area contributed by atoms with Crippen LogP contribution in [0.4, 0.5) is 4.79 Å². The molecule has 2 atom stereocenters. The SMILES string of the molecule is C[C@@H](NC(=O)NCc1cccs1)[C@H]1CCCO1. The van der Waals surface area contributed by atoms with E-state index in [1.54, 1.807) is 11.3 Å². The molecule has 0 aliphatic carbocycles. The third-order valence-electron chi connectivity index (χ3n) is 2.88. The van der Waals surface area contributed by atoms with Crippen LogP contribution in [0.3, 0.4) is 0 Å². The zero-order valence-corrected chi connectivity index (χ0v) is 10.8. The highest BCUT2D eigenvalue weighted by molar-refractivity contribution is 7.09. The lowest BCUT2D eigenvalue weighted by Gasteiger charge is -2.20. The molecule has 0 bridgehead atoms.